The third kappa shape index (κ3) is 4.15. The number of aromatic nitrogens is 1. The fourth-order valence-electron chi connectivity index (χ4n) is 6.94. The molecule has 0 saturated carbocycles. The van der Waals surface area contributed by atoms with E-state index in [1.165, 1.54) is 48.8 Å². The van der Waals surface area contributed by atoms with Gasteiger partial charge in [-0.3, -0.25) is 4.90 Å². The first-order valence-electron chi connectivity index (χ1n) is 15.4. The Morgan fingerprint density at radius 2 is 0.800 bits per heavy atom. The molecular formula is C43H28N2. The summed E-state index contributed by atoms with van der Waals surface area (Å²) in [6.45, 7) is 0. The molecule has 2 heteroatoms. The maximum absolute atomic E-state index is 5.38. The number of rotatable bonds is 4. The minimum absolute atomic E-state index is 0.916. The summed E-state index contributed by atoms with van der Waals surface area (Å²) in [5, 5.41) is 11.0. The first-order chi connectivity index (χ1) is 22.3. The minimum atomic E-state index is 0.916. The topological polar surface area (TPSA) is 16.1 Å². The van der Waals surface area contributed by atoms with Gasteiger partial charge in [-0.15, -0.1) is 0 Å². The van der Waals surface area contributed by atoms with Gasteiger partial charge in [-0.05, 0) is 79.2 Å². The van der Waals surface area contributed by atoms with Crippen LogP contribution in [0.5, 0.6) is 0 Å². The highest BCUT2D eigenvalue weighted by molar-refractivity contribution is 6.26. The van der Waals surface area contributed by atoms with Crippen molar-refractivity contribution >= 4 is 71.2 Å². The molecule has 0 unspecified atom stereocenters. The van der Waals surface area contributed by atoms with Gasteiger partial charge in [0.1, 0.15) is 5.82 Å². The lowest BCUT2D eigenvalue weighted by atomic mass is 9.94. The third-order valence-electron chi connectivity index (χ3n) is 9.00. The molecule has 0 aliphatic heterocycles. The van der Waals surface area contributed by atoms with Crippen molar-refractivity contribution in [2.24, 2.45) is 0 Å². The molecule has 0 amide bonds. The fraction of sp³-hybridized carbons (Fsp3) is 0. The zero-order valence-electron chi connectivity index (χ0n) is 24.6. The fourth-order valence-corrected chi connectivity index (χ4v) is 6.94. The van der Waals surface area contributed by atoms with Crippen molar-refractivity contribution in [3.63, 3.8) is 0 Å². The minimum Gasteiger partial charge on any atom is -0.294 e. The molecule has 0 bridgehead atoms. The molecule has 45 heavy (non-hydrogen) atoms. The van der Waals surface area contributed by atoms with E-state index in [0.717, 1.165) is 33.5 Å². The van der Waals surface area contributed by atoms with Crippen molar-refractivity contribution in [1.82, 2.24) is 4.98 Å². The normalized spacial score (nSPS) is 11.6. The summed E-state index contributed by atoms with van der Waals surface area (Å²) >= 11 is 0. The Kier molecular flexibility index (Phi) is 5.85. The molecule has 0 spiro atoms. The summed E-state index contributed by atoms with van der Waals surface area (Å²) in [7, 11) is 0. The summed E-state index contributed by atoms with van der Waals surface area (Å²) < 4.78 is 0. The molecule has 0 fully saturated rings. The van der Waals surface area contributed by atoms with Crippen LogP contribution in [0.1, 0.15) is 0 Å². The molecule has 0 N–H and O–H groups in total. The molecule has 9 aromatic rings. The summed E-state index contributed by atoms with van der Waals surface area (Å²) in [6.07, 6.45) is 0. The van der Waals surface area contributed by atoms with Crippen LogP contribution in [0, 0.1) is 0 Å². The Hall–Kier alpha value is -5.99. The average molecular weight is 573 g/mol. The predicted octanol–water partition coefficient (Wildman–Crippen LogP) is 12.0. The van der Waals surface area contributed by atoms with Crippen molar-refractivity contribution in [2.45, 2.75) is 0 Å². The van der Waals surface area contributed by atoms with Crippen LogP contribution >= 0.6 is 0 Å². The summed E-state index contributed by atoms with van der Waals surface area (Å²) in [4.78, 5) is 7.72. The standard InChI is InChI=1S/C43H28N2/c1-2-13-29(14-3-1)30-15-12-16-31(27-30)45(43-40-23-9-8-21-37(40)39-22-10-11-24-42(39)44-43)32-25-26-38-35-19-5-4-17-33(35)34-18-6-7-20-36(34)41(38)28-32/h1-28H. The van der Waals surface area contributed by atoms with Gasteiger partial charge in [0.25, 0.3) is 0 Å². The van der Waals surface area contributed by atoms with E-state index in [9.17, 15) is 0 Å². The average Bonchev–Trinajstić information content (AvgIpc) is 3.12. The quantitative estimate of drug-likeness (QED) is 0.195. The number of para-hydroxylation sites is 1. The van der Waals surface area contributed by atoms with Crippen molar-refractivity contribution in [3.05, 3.63) is 170 Å². The maximum Gasteiger partial charge on any atom is 0.146 e. The van der Waals surface area contributed by atoms with Crippen LogP contribution in [0.25, 0.3) is 65.1 Å². The van der Waals surface area contributed by atoms with Gasteiger partial charge in [-0.1, -0.05) is 140 Å². The number of fused-ring (bicyclic) bond motifs is 9. The van der Waals surface area contributed by atoms with E-state index in [2.05, 4.69) is 175 Å². The Balaban J connectivity index is 1.37. The van der Waals surface area contributed by atoms with E-state index in [1.807, 2.05) is 0 Å². The van der Waals surface area contributed by atoms with Crippen LogP contribution in [-0.4, -0.2) is 4.98 Å². The van der Waals surface area contributed by atoms with E-state index in [1.54, 1.807) is 0 Å². The maximum atomic E-state index is 5.38. The number of pyridine rings is 1. The van der Waals surface area contributed by atoms with Crippen molar-refractivity contribution < 1.29 is 0 Å². The highest BCUT2D eigenvalue weighted by atomic mass is 15.2. The van der Waals surface area contributed by atoms with E-state index in [-0.39, 0.29) is 0 Å². The van der Waals surface area contributed by atoms with E-state index in [0.29, 0.717) is 0 Å². The summed E-state index contributed by atoms with van der Waals surface area (Å²) in [5.74, 6) is 0.916. The van der Waals surface area contributed by atoms with Crippen LogP contribution < -0.4 is 4.90 Å². The van der Waals surface area contributed by atoms with Gasteiger partial charge in [0.15, 0.2) is 0 Å². The van der Waals surface area contributed by atoms with Gasteiger partial charge in [0.2, 0.25) is 0 Å². The van der Waals surface area contributed by atoms with Crippen molar-refractivity contribution in [1.29, 1.82) is 0 Å². The molecule has 1 heterocycles. The SMILES string of the molecule is c1ccc(-c2cccc(N(c3ccc4c5ccccc5c5ccccc5c4c3)c3nc4ccccc4c4ccccc34)c2)cc1. The van der Waals surface area contributed by atoms with E-state index >= 15 is 0 Å². The van der Waals surface area contributed by atoms with Crippen molar-refractivity contribution in [3.8, 4) is 11.1 Å². The van der Waals surface area contributed by atoms with E-state index < -0.39 is 0 Å². The Morgan fingerprint density at radius 1 is 0.311 bits per heavy atom. The van der Waals surface area contributed by atoms with Crippen molar-refractivity contribution in [2.75, 3.05) is 4.90 Å². The second kappa shape index (κ2) is 10.3. The molecule has 0 saturated heterocycles. The lowest BCUT2D eigenvalue weighted by Gasteiger charge is -2.27. The Labute approximate surface area is 261 Å². The number of nitrogens with zero attached hydrogens (tertiary/aromatic N) is 2. The van der Waals surface area contributed by atoms with Gasteiger partial charge in [-0.25, -0.2) is 4.98 Å². The Bertz CT molecular complexity index is 2510. The number of benzene rings is 8. The smallest absolute Gasteiger partial charge is 0.146 e. The third-order valence-corrected chi connectivity index (χ3v) is 9.00. The van der Waals surface area contributed by atoms with Crippen LogP contribution in [-0.2, 0) is 0 Å². The lowest BCUT2D eigenvalue weighted by Crippen LogP contribution is -2.12. The molecule has 0 atom stereocenters. The molecule has 2 nitrogen and oxygen atoms in total. The Morgan fingerprint density at radius 3 is 1.49 bits per heavy atom. The van der Waals surface area contributed by atoms with Gasteiger partial charge in [0, 0.05) is 22.1 Å². The highest BCUT2D eigenvalue weighted by Gasteiger charge is 2.20. The van der Waals surface area contributed by atoms with Crippen LogP contribution in [0.2, 0.25) is 0 Å². The van der Waals surface area contributed by atoms with Gasteiger partial charge < -0.3 is 0 Å². The highest BCUT2D eigenvalue weighted by Crippen LogP contribution is 2.43. The molecular weight excluding hydrogens is 544 g/mol. The van der Waals surface area contributed by atoms with E-state index in [4.69, 9.17) is 4.98 Å². The molecule has 9 rings (SSSR count). The summed E-state index contributed by atoms with van der Waals surface area (Å²) in [6, 6.07) is 60.9. The molecule has 8 aromatic carbocycles. The zero-order valence-corrected chi connectivity index (χ0v) is 24.6. The first-order valence-corrected chi connectivity index (χ1v) is 15.4. The lowest BCUT2D eigenvalue weighted by molar-refractivity contribution is 1.23. The van der Waals surface area contributed by atoms with Crippen LogP contribution in [0.3, 0.4) is 0 Å². The second-order valence-electron chi connectivity index (χ2n) is 11.6. The monoisotopic (exact) mass is 572 g/mol. The number of hydrogen-bond acceptors (Lipinski definition) is 2. The number of hydrogen-bond donors (Lipinski definition) is 0. The molecule has 210 valence electrons. The van der Waals surface area contributed by atoms with Gasteiger partial charge in [-0.2, -0.15) is 0 Å². The molecule has 0 aliphatic rings. The summed E-state index contributed by atoms with van der Waals surface area (Å²) in [5.41, 5.74) is 5.47. The van der Waals surface area contributed by atoms with Gasteiger partial charge in [0.05, 0.1) is 5.52 Å². The predicted molar refractivity (Wildman–Crippen MR) is 192 cm³/mol. The second-order valence-corrected chi connectivity index (χ2v) is 11.6. The van der Waals surface area contributed by atoms with Crippen LogP contribution in [0.4, 0.5) is 17.2 Å². The number of anilines is 3. The molecule has 0 aliphatic carbocycles. The molecule has 0 radical (unpaired) electrons. The van der Waals surface area contributed by atoms with Gasteiger partial charge >= 0.3 is 0 Å². The first kappa shape index (κ1) is 25.5. The largest absolute Gasteiger partial charge is 0.294 e. The van der Waals surface area contributed by atoms with Crippen LogP contribution in [0.15, 0.2) is 170 Å². The zero-order chi connectivity index (χ0) is 29.7. The molecule has 1 aromatic heterocycles.